The molecule has 12 heavy (non-hydrogen) atoms. The summed E-state index contributed by atoms with van der Waals surface area (Å²) in [7, 11) is 0. The van der Waals surface area contributed by atoms with Gasteiger partial charge in [0.15, 0.2) is 0 Å². The van der Waals surface area contributed by atoms with Crippen molar-refractivity contribution in [2.75, 3.05) is 5.73 Å². The van der Waals surface area contributed by atoms with Crippen LogP contribution in [0.15, 0.2) is 16.6 Å². The molecular formula is C8H6BrClN2. The Labute approximate surface area is 84.1 Å². The summed E-state index contributed by atoms with van der Waals surface area (Å²) >= 11 is 9.08. The number of rotatable bonds is 1. The zero-order valence-corrected chi connectivity index (χ0v) is 8.48. The lowest BCUT2D eigenvalue weighted by atomic mass is 10.1. The molecule has 0 bridgehead atoms. The molecule has 1 aromatic rings. The number of anilines is 1. The van der Waals surface area contributed by atoms with Crippen molar-refractivity contribution in [2.45, 2.75) is 6.42 Å². The van der Waals surface area contributed by atoms with Crippen LogP contribution in [-0.4, -0.2) is 0 Å². The van der Waals surface area contributed by atoms with E-state index in [2.05, 4.69) is 15.9 Å². The average Bonchev–Trinajstić information content (AvgIpc) is 2.01. The van der Waals surface area contributed by atoms with Gasteiger partial charge in [-0.05, 0) is 33.6 Å². The van der Waals surface area contributed by atoms with Crippen molar-refractivity contribution >= 4 is 33.2 Å². The molecule has 0 aliphatic carbocycles. The molecule has 1 aromatic carbocycles. The largest absolute Gasteiger partial charge is 0.398 e. The quantitative estimate of drug-likeness (QED) is 0.774. The minimum atomic E-state index is 0.288. The van der Waals surface area contributed by atoms with Crippen LogP contribution >= 0.6 is 27.5 Å². The summed E-state index contributed by atoms with van der Waals surface area (Å²) in [6.07, 6.45) is 0.288. The Morgan fingerprint density at radius 3 is 2.83 bits per heavy atom. The van der Waals surface area contributed by atoms with Gasteiger partial charge >= 0.3 is 0 Å². The highest BCUT2D eigenvalue weighted by molar-refractivity contribution is 9.10. The van der Waals surface area contributed by atoms with Crippen molar-refractivity contribution in [3.8, 4) is 6.07 Å². The summed E-state index contributed by atoms with van der Waals surface area (Å²) in [5.74, 6) is 0. The summed E-state index contributed by atoms with van der Waals surface area (Å²) < 4.78 is 0.759. The Morgan fingerprint density at radius 2 is 2.25 bits per heavy atom. The maximum Gasteiger partial charge on any atom is 0.0670 e. The Balaban J connectivity index is 3.16. The van der Waals surface area contributed by atoms with Gasteiger partial charge in [0.1, 0.15) is 0 Å². The molecule has 0 amide bonds. The highest BCUT2D eigenvalue weighted by Crippen LogP contribution is 2.27. The van der Waals surface area contributed by atoms with E-state index in [1.165, 1.54) is 0 Å². The van der Waals surface area contributed by atoms with E-state index in [0.717, 1.165) is 10.0 Å². The molecule has 0 saturated carbocycles. The first-order valence-corrected chi connectivity index (χ1v) is 4.42. The summed E-state index contributed by atoms with van der Waals surface area (Å²) in [5, 5.41) is 9.01. The fourth-order valence-corrected chi connectivity index (χ4v) is 1.54. The minimum absolute atomic E-state index is 0.288. The van der Waals surface area contributed by atoms with Gasteiger partial charge < -0.3 is 5.73 Å². The van der Waals surface area contributed by atoms with Crippen LogP contribution in [0.3, 0.4) is 0 Å². The maximum absolute atomic E-state index is 8.44. The maximum atomic E-state index is 8.44. The number of halogens is 2. The summed E-state index contributed by atoms with van der Waals surface area (Å²) in [4.78, 5) is 0. The molecule has 0 atom stereocenters. The van der Waals surface area contributed by atoms with E-state index in [4.69, 9.17) is 22.6 Å². The third kappa shape index (κ3) is 1.90. The summed E-state index contributed by atoms with van der Waals surface area (Å²) in [6, 6.07) is 5.42. The second kappa shape index (κ2) is 3.79. The van der Waals surface area contributed by atoms with Gasteiger partial charge in [0.2, 0.25) is 0 Å². The lowest BCUT2D eigenvalue weighted by Gasteiger charge is -2.03. The first kappa shape index (κ1) is 9.37. The fraction of sp³-hybridized carbons (Fsp3) is 0.125. The number of nitrogens with zero attached hydrogens (tertiary/aromatic N) is 1. The van der Waals surface area contributed by atoms with Gasteiger partial charge in [0, 0.05) is 15.2 Å². The Kier molecular flexibility index (Phi) is 2.96. The van der Waals surface area contributed by atoms with Crippen molar-refractivity contribution in [2.24, 2.45) is 0 Å². The van der Waals surface area contributed by atoms with Crippen LogP contribution in [0.25, 0.3) is 0 Å². The minimum Gasteiger partial charge on any atom is -0.398 e. The van der Waals surface area contributed by atoms with Crippen LogP contribution in [0, 0.1) is 11.3 Å². The zero-order valence-electron chi connectivity index (χ0n) is 6.14. The molecule has 4 heteroatoms. The molecule has 0 aliphatic rings. The van der Waals surface area contributed by atoms with E-state index < -0.39 is 0 Å². The number of nitriles is 1. The van der Waals surface area contributed by atoms with Crippen molar-refractivity contribution in [1.82, 2.24) is 0 Å². The van der Waals surface area contributed by atoms with Crippen molar-refractivity contribution in [3.63, 3.8) is 0 Å². The number of benzene rings is 1. The van der Waals surface area contributed by atoms with Crippen molar-refractivity contribution < 1.29 is 0 Å². The van der Waals surface area contributed by atoms with Gasteiger partial charge in [-0.3, -0.25) is 0 Å². The molecule has 0 unspecified atom stereocenters. The Bertz CT molecular complexity index is 344. The summed E-state index contributed by atoms with van der Waals surface area (Å²) in [6.45, 7) is 0. The molecule has 0 heterocycles. The molecular weight excluding hydrogens is 239 g/mol. The fourth-order valence-electron chi connectivity index (χ4n) is 0.834. The van der Waals surface area contributed by atoms with Gasteiger partial charge in [-0.15, -0.1) is 0 Å². The first-order chi connectivity index (χ1) is 5.65. The molecule has 0 saturated heterocycles. The topological polar surface area (TPSA) is 49.8 Å². The van der Waals surface area contributed by atoms with Gasteiger partial charge in [-0.25, -0.2) is 0 Å². The second-order valence-electron chi connectivity index (χ2n) is 2.30. The van der Waals surface area contributed by atoms with Gasteiger partial charge in [-0.1, -0.05) is 11.6 Å². The van der Waals surface area contributed by atoms with Crippen molar-refractivity contribution in [3.05, 3.63) is 27.2 Å². The van der Waals surface area contributed by atoms with E-state index in [-0.39, 0.29) is 6.42 Å². The number of hydrogen-bond donors (Lipinski definition) is 1. The van der Waals surface area contributed by atoms with Gasteiger partial charge in [-0.2, -0.15) is 5.26 Å². The first-order valence-electron chi connectivity index (χ1n) is 3.25. The van der Waals surface area contributed by atoms with Crippen molar-refractivity contribution in [1.29, 1.82) is 5.26 Å². The Morgan fingerprint density at radius 1 is 1.58 bits per heavy atom. The predicted octanol–water partition coefficient (Wildman–Crippen LogP) is 2.75. The Hall–Kier alpha value is -0.720. The predicted molar refractivity (Wildman–Crippen MR) is 52.9 cm³/mol. The van der Waals surface area contributed by atoms with Crippen LogP contribution in [0.5, 0.6) is 0 Å². The highest BCUT2D eigenvalue weighted by Gasteiger charge is 2.03. The van der Waals surface area contributed by atoms with E-state index >= 15 is 0 Å². The normalized spacial score (nSPS) is 9.42. The van der Waals surface area contributed by atoms with Gasteiger partial charge in [0.25, 0.3) is 0 Å². The number of nitrogen functional groups attached to an aromatic ring is 1. The SMILES string of the molecule is N#CCc1cc(N)c(Br)cc1Cl. The second-order valence-corrected chi connectivity index (χ2v) is 3.56. The van der Waals surface area contributed by atoms with Gasteiger partial charge in [0.05, 0.1) is 12.5 Å². The van der Waals surface area contributed by atoms with Crippen LogP contribution in [0.1, 0.15) is 5.56 Å². The molecule has 0 fully saturated rings. The third-order valence-electron chi connectivity index (χ3n) is 1.44. The molecule has 2 nitrogen and oxygen atoms in total. The molecule has 0 aliphatic heterocycles. The smallest absolute Gasteiger partial charge is 0.0670 e. The van der Waals surface area contributed by atoms with Crippen LogP contribution in [-0.2, 0) is 6.42 Å². The highest BCUT2D eigenvalue weighted by atomic mass is 79.9. The lowest BCUT2D eigenvalue weighted by molar-refractivity contribution is 1.26. The third-order valence-corrected chi connectivity index (χ3v) is 2.47. The molecule has 0 aromatic heterocycles. The van der Waals surface area contributed by atoms with E-state index in [0.29, 0.717) is 10.7 Å². The zero-order chi connectivity index (χ0) is 9.14. The van der Waals surface area contributed by atoms with E-state index in [1.807, 2.05) is 6.07 Å². The molecule has 2 N–H and O–H groups in total. The monoisotopic (exact) mass is 244 g/mol. The molecule has 0 spiro atoms. The van der Waals surface area contributed by atoms with Crippen LogP contribution in [0.4, 0.5) is 5.69 Å². The molecule has 1 rings (SSSR count). The summed E-state index contributed by atoms with van der Waals surface area (Å²) in [5.41, 5.74) is 6.97. The van der Waals surface area contributed by atoms with Crippen LogP contribution in [0.2, 0.25) is 5.02 Å². The molecule has 0 radical (unpaired) electrons. The average molecular weight is 246 g/mol. The van der Waals surface area contributed by atoms with E-state index in [1.54, 1.807) is 12.1 Å². The van der Waals surface area contributed by atoms with Crippen LogP contribution < -0.4 is 5.73 Å². The lowest BCUT2D eigenvalue weighted by Crippen LogP contribution is -1.91. The molecule has 62 valence electrons. The number of nitrogens with two attached hydrogens (primary N) is 1. The standard InChI is InChI=1S/C8H6BrClN2/c9-6-4-7(10)5(1-2-11)3-8(6)12/h3-4H,1,12H2. The van der Waals surface area contributed by atoms with E-state index in [9.17, 15) is 0 Å². The number of hydrogen-bond acceptors (Lipinski definition) is 2.